The fourth-order valence-corrected chi connectivity index (χ4v) is 3.18. The first-order valence-corrected chi connectivity index (χ1v) is 7.85. The quantitative estimate of drug-likeness (QED) is 0.819. The van der Waals surface area contributed by atoms with E-state index in [4.69, 9.17) is 0 Å². The summed E-state index contributed by atoms with van der Waals surface area (Å²) < 4.78 is 0. The van der Waals surface area contributed by atoms with Crippen LogP contribution in [0.25, 0.3) is 0 Å². The van der Waals surface area contributed by atoms with E-state index >= 15 is 0 Å². The minimum atomic E-state index is 0.500. The van der Waals surface area contributed by atoms with E-state index in [1.807, 2.05) is 11.8 Å². The molecule has 1 N–H and O–H groups in total. The van der Waals surface area contributed by atoms with Crippen molar-refractivity contribution in [1.29, 1.82) is 0 Å². The average Bonchev–Trinajstić information content (AvgIpc) is 2.28. The first kappa shape index (κ1) is 13.0. The van der Waals surface area contributed by atoms with E-state index in [-0.39, 0.29) is 0 Å². The van der Waals surface area contributed by atoms with Gasteiger partial charge >= 0.3 is 0 Å². The highest BCUT2D eigenvalue weighted by molar-refractivity contribution is 7.99. The third-order valence-corrected chi connectivity index (χ3v) is 4.70. The summed E-state index contributed by atoms with van der Waals surface area (Å²) in [6.07, 6.45) is 4.19. The molecule has 1 nitrogen and oxygen atoms in total. The van der Waals surface area contributed by atoms with Gasteiger partial charge in [-0.2, -0.15) is 11.8 Å². The second-order valence-corrected chi connectivity index (χ2v) is 6.12. The molecule has 2 rings (SSSR count). The van der Waals surface area contributed by atoms with Gasteiger partial charge in [0.2, 0.25) is 0 Å². The van der Waals surface area contributed by atoms with Crippen LogP contribution in [0.15, 0.2) is 24.3 Å². The van der Waals surface area contributed by atoms with E-state index in [2.05, 4.69) is 43.6 Å². The van der Waals surface area contributed by atoms with Crippen molar-refractivity contribution < 1.29 is 0 Å². The molecule has 1 aliphatic carbocycles. The molecular formula is C15H23NS. The van der Waals surface area contributed by atoms with Crippen molar-refractivity contribution >= 4 is 11.8 Å². The molecule has 17 heavy (non-hydrogen) atoms. The summed E-state index contributed by atoms with van der Waals surface area (Å²) in [6, 6.07) is 9.71. The molecule has 1 fully saturated rings. The molecule has 1 atom stereocenters. The number of benzene rings is 1. The van der Waals surface area contributed by atoms with E-state index < -0.39 is 0 Å². The monoisotopic (exact) mass is 249 g/mol. The van der Waals surface area contributed by atoms with Crippen molar-refractivity contribution in [2.45, 2.75) is 38.1 Å². The van der Waals surface area contributed by atoms with Gasteiger partial charge in [0.1, 0.15) is 0 Å². The number of hydrogen-bond acceptors (Lipinski definition) is 2. The lowest BCUT2D eigenvalue weighted by Crippen LogP contribution is -2.19. The lowest BCUT2D eigenvalue weighted by Gasteiger charge is -2.27. The summed E-state index contributed by atoms with van der Waals surface area (Å²) in [5, 5.41) is 3.43. The Kier molecular flexibility index (Phi) is 4.93. The van der Waals surface area contributed by atoms with Crippen LogP contribution in [0.1, 0.15) is 49.3 Å². The third kappa shape index (κ3) is 3.26. The summed E-state index contributed by atoms with van der Waals surface area (Å²) in [5.74, 6) is 3.20. The predicted molar refractivity (Wildman–Crippen MR) is 77.8 cm³/mol. The van der Waals surface area contributed by atoms with Crippen LogP contribution in [0.3, 0.4) is 0 Å². The molecule has 0 saturated heterocycles. The molecule has 1 saturated carbocycles. The standard InChI is InChI=1S/C15H23NS/c1-3-17-11-15(16-2)14-9-5-8-13(10-14)12-6-4-7-12/h5,8-10,12,15-16H,3-4,6-7,11H2,1-2H3. The van der Waals surface area contributed by atoms with Gasteiger partial charge in [0.05, 0.1) is 0 Å². The smallest absolute Gasteiger partial charge is 0.0409 e. The minimum absolute atomic E-state index is 0.500. The van der Waals surface area contributed by atoms with Crippen molar-refractivity contribution in [3.05, 3.63) is 35.4 Å². The van der Waals surface area contributed by atoms with Gasteiger partial charge in [-0.25, -0.2) is 0 Å². The molecule has 0 aliphatic heterocycles. The van der Waals surface area contributed by atoms with Crippen LogP contribution >= 0.6 is 11.8 Å². The maximum absolute atomic E-state index is 3.43. The Labute approximate surface area is 109 Å². The summed E-state index contributed by atoms with van der Waals surface area (Å²) in [6.45, 7) is 2.22. The zero-order valence-corrected chi connectivity index (χ0v) is 11.7. The van der Waals surface area contributed by atoms with Gasteiger partial charge in [-0.1, -0.05) is 37.6 Å². The maximum atomic E-state index is 3.43. The van der Waals surface area contributed by atoms with Gasteiger partial charge in [-0.3, -0.25) is 0 Å². The van der Waals surface area contributed by atoms with Crippen LogP contribution in [-0.2, 0) is 0 Å². The maximum Gasteiger partial charge on any atom is 0.0409 e. The fourth-order valence-electron chi connectivity index (χ4n) is 2.35. The Balaban J connectivity index is 2.07. The van der Waals surface area contributed by atoms with Gasteiger partial charge in [0.25, 0.3) is 0 Å². The number of thioether (sulfide) groups is 1. The average molecular weight is 249 g/mol. The van der Waals surface area contributed by atoms with Gasteiger partial charge in [-0.15, -0.1) is 0 Å². The van der Waals surface area contributed by atoms with E-state index in [1.165, 1.54) is 36.3 Å². The molecule has 1 aromatic rings. The molecule has 1 unspecified atom stereocenters. The molecule has 0 heterocycles. The van der Waals surface area contributed by atoms with Crippen molar-refractivity contribution in [3.63, 3.8) is 0 Å². The summed E-state index contributed by atoms with van der Waals surface area (Å²) in [4.78, 5) is 0. The zero-order valence-electron chi connectivity index (χ0n) is 10.9. The summed E-state index contributed by atoms with van der Waals surface area (Å²) in [5.41, 5.74) is 3.01. The largest absolute Gasteiger partial charge is 0.312 e. The van der Waals surface area contributed by atoms with Crippen molar-refractivity contribution in [1.82, 2.24) is 5.32 Å². The Morgan fingerprint density at radius 2 is 2.24 bits per heavy atom. The zero-order chi connectivity index (χ0) is 12.1. The number of nitrogens with one attached hydrogen (secondary N) is 1. The van der Waals surface area contributed by atoms with Gasteiger partial charge in [-0.05, 0) is 42.7 Å². The lowest BCUT2D eigenvalue weighted by atomic mass is 9.79. The van der Waals surface area contributed by atoms with E-state index in [0.717, 1.165) is 5.92 Å². The van der Waals surface area contributed by atoms with E-state index in [0.29, 0.717) is 6.04 Å². The Morgan fingerprint density at radius 3 is 2.82 bits per heavy atom. The van der Waals surface area contributed by atoms with Gasteiger partial charge < -0.3 is 5.32 Å². The molecular weight excluding hydrogens is 226 g/mol. The van der Waals surface area contributed by atoms with Crippen molar-refractivity contribution in [2.75, 3.05) is 18.6 Å². The van der Waals surface area contributed by atoms with Crippen LogP contribution in [0.5, 0.6) is 0 Å². The Bertz CT molecular complexity index is 347. The molecule has 2 heteroatoms. The number of rotatable bonds is 6. The highest BCUT2D eigenvalue weighted by Crippen LogP contribution is 2.37. The summed E-state index contributed by atoms with van der Waals surface area (Å²) >= 11 is 2.01. The van der Waals surface area contributed by atoms with Gasteiger partial charge in [0.15, 0.2) is 0 Å². The molecule has 0 bridgehead atoms. The van der Waals surface area contributed by atoms with E-state index in [1.54, 1.807) is 5.56 Å². The van der Waals surface area contributed by atoms with Crippen LogP contribution in [0.4, 0.5) is 0 Å². The second-order valence-electron chi connectivity index (χ2n) is 4.80. The number of hydrogen-bond donors (Lipinski definition) is 1. The SMILES string of the molecule is CCSCC(NC)c1cccc(C2CCC2)c1. The highest BCUT2D eigenvalue weighted by Gasteiger charge is 2.20. The van der Waals surface area contributed by atoms with Crippen LogP contribution < -0.4 is 5.32 Å². The molecule has 0 amide bonds. The summed E-state index contributed by atoms with van der Waals surface area (Å²) in [7, 11) is 2.07. The first-order chi connectivity index (χ1) is 8.35. The highest BCUT2D eigenvalue weighted by atomic mass is 32.2. The molecule has 0 aromatic heterocycles. The molecule has 0 radical (unpaired) electrons. The Hall–Kier alpha value is -0.470. The van der Waals surface area contributed by atoms with Crippen LogP contribution in [-0.4, -0.2) is 18.6 Å². The minimum Gasteiger partial charge on any atom is -0.312 e. The normalized spacial score (nSPS) is 17.8. The van der Waals surface area contributed by atoms with Crippen molar-refractivity contribution in [2.24, 2.45) is 0 Å². The molecule has 1 aliphatic rings. The fraction of sp³-hybridized carbons (Fsp3) is 0.600. The Morgan fingerprint density at radius 1 is 1.41 bits per heavy atom. The third-order valence-electron chi connectivity index (χ3n) is 3.73. The van der Waals surface area contributed by atoms with Crippen LogP contribution in [0.2, 0.25) is 0 Å². The molecule has 0 spiro atoms. The molecule has 1 aromatic carbocycles. The lowest BCUT2D eigenvalue weighted by molar-refractivity contribution is 0.419. The van der Waals surface area contributed by atoms with Crippen LogP contribution in [0, 0.1) is 0 Å². The van der Waals surface area contributed by atoms with Crippen molar-refractivity contribution in [3.8, 4) is 0 Å². The van der Waals surface area contributed by atoms with E-state index in [9.17, 15) is 0 Å². The molecule has 94 valence electrons. The second kappa shape index (κ2) is 6.46. The van der Waals surface area contributed by atoms with Gasteiger partial charge in [0, 0.05) is 11.8 Å². The first-order valence-electron chi connectivity index (χ1n) is 6.70. The topological polar surface area (TPSA) is 12.0 Å². The predicted octanol–water partition coefficient (Wildman–Crippen LogP) is 3.97.